The third-order valence-electron chi connectivity index (χ3n) is 3.30. The van der Waals surface area contributed by atoms with Crippen molar-refractivity contribution >= 4 is 39.2 Å². The van der Waals surface area contributed by atoms with Crippen LogP contribution in [0.4, 0.5) is 5.13 Å². The molecule has 0 fully saturated rings. The van der Waals surface area contributed by atoms with E-state index in [0.29, 0.717) is 10.0 Å². The Kier molecular flexibility index (Phi) is 3.98. The van der Waals surface area contributed by atoms with Crippen LogP contribution in [0.1, 0.15) is 27.9 Å². The number of carbonyl (C=O) groups is 1. The van der Waals surface area contributed by atoms with Crippen LogP contribution in [0, 0.1) is 6.92 Å². The fraction of sp³-hybridized carbons (Fsp3) is 0.118. The Morgan fingerprint density at radius 2 is 2.00 bits per heavy atom. The molecule has 3 aromatic rings. The monoisotopic (exact) mass is 309 g/mol. The van der Waals surface area contributed by atoms with Gasteiger partial charge in [0.05, 0.1) is 16.8 Å². The Morgan fingerprint density at radius 3 is 2.77 bits per heavy atom. The molecule has 3 rings (SSSR count). The number of thiazole rings is 1. The zero-order valence-corrected chi connectivity index (χ0v) is 13.1. The van der Waals surface area contributed by atoms with Gasteiger partial charge in [-0.05, 0) is 17.7 Å². The zero-order chi connectivity index (χ0) is 15.5. The molecule has 0 aliphatic rings. The Labute approximate surface area is 132 Å². The number of anilines is 1. The smallest absolute Gasteiger partial charge is 0.204 e. The second kappa shape index (κ2) is 6.07. The molecule has 1 heterocycles. The van der Waals surface area contributed by atoms with Crippen LogP contribution in [0.3, 0.4) is 0 Å². The number of hydrazone groups is 1. The number of rotatable bonds is 4. The molecule has 0 amide bonds. The lowest BCUT2D eigenvalue weighted by Gasteiger charge is -2.01. The molecule has 0 atom stereocenters. The largest absolute Gasteiger partial charge is 0.294 e. The molecule has 0 unspecified atom stereocenters. The number of aromatic nitrogens is 1. The number of fused-ring (bicyclic) bond motifs is 1. The van der Waals surface area contributed by atoms with Gasteiger partial charge in [0.1, 0.15) is 0 Å². The first kappa shape index (κ1) is 14.4. The summed E-state index contributed by atoms with van der Waals surface area (Å²) >= 11 is 1.32. The normalized spacial score (nSPS) is 11.2. The molecule has 0 aliphatic heterocycles. The molecule has 0 spiro atoms. The number of nitrogens with zero attached hydrogens (tertiary/aromatic N) is 2. The van der Waals surface area contributed by atoms with E-state index in [2.05, 4.69) is 33.7 Å². The maximum absolute atomic E-state index is 11.4. The predicted octanol–water partition coefficient (Wildman–Crippen LogP) is 4.25. The van der Waals surface area contributed by atoms with Gasteiger partial charge in [-0.2, -0.15) is 5.10 Å². The van der Waals surface area contributed by atoms with Gasteiger partial charge in [0.25, 0.3) is 0 Å². The summed E-state index contributed by atoms with van der Waals surface area (Å²) < 4.78 is 0. The molecular weight excluding hydrogens is 294 g/mol. The van der Waals surface area contributed by atoms with Gasteiger partial charge in [0.15, 0.2) is 5.78 Å². The second-order valence-corrected chi connectivity index (χ2v) is 5.93. The summed E-state index contributed by atoms with van der Waals surface area (Å²) in [5.41, 5.74) is 4.67. The van der Waals surface area contributed by atoms with Crippen molar-refractivity contribution in [3.05, 3.63) is 58.6 Å². The number of hydrogen-bond acceptors (Lipinski definition) is 5. The molecular formula is C17H15N3OS. The average molecular weight is 309 g/mol. The summed E-state index contributed by atoms with van der Waals surface area (Å²) in [7, 11) is 0. The molecule has 0 saturated heterocycles. The Balaban J connectivity index is 1.82. The maximum atomic E-state index is 11.4. The van der Waals surface area contributed by atoms with Gasteiger partial charge in [-0.15, -0.1) is 0 Å². The first-order chi connectivity index (χ1) is 10.6. The number of nitrogens with one attached hydrogen (secondary N) is 1. The fourth-order valence-electron chi connectivity index (χ4n) is 2.29. The van der Waals surface area contributed by atoms with Crippen molar-refractivity contribution in [1.82, 2.24) is 4.98 Å². The quantitative estimate of drug-likeness (QED) is 0.445. The van der Waals surface area contributed by atoms with Crippen molar-refractivity contribution in [2.45, 2.75) is 13.8 Å². The van der Waals surface area contributed by atoms with Crippen molar-refractivity contribution in [3.8, 4) is 0 Å². The van der Waals surface area contributed by atoms with E-state index in [1.165, 1.54) is 16.7 Å². The topological polar surface area (TPSA) is 54.4 Å². The van der Waals surface area contributed by atoms with Crippen molar-refractivity contribution < 1.29 is 4.79 Å². The number of benzene rings is 2. The third-order valence-corrected chi connectivity index (χ3v) is 4.47. The van der Waals surface area contributed by atoms with E-state index in [4.69, 9.17) is 0 Å². The Hall–Kier alpha value is -2.53. The summed E-state index contributed by atoms with van der Waals surface area (Å²) in [6.07, 6.45) is 1.77. The van der Waals surface area contributed by atoms with Crippen molar-refractivity contribution in [2.24, 2.45) is 5.10 Å². The van der Waals surface area contributed by atoms with E-state index in [1.807, 2.05) is 31.2 Å². The van der Waals surface area contributed by atoms with Gasteiger partial charge in [-0.1, -0.05) is 53.8 Å². The molecule has 0 aliphatic carbocycles. The van der Waals surface area contributed by atoms with E-state index in [9.17, 15) is 4.79 Å². The van der Waals surface area contributed by atoms with Crippen molar-refractivity contribution in [3.63, 3.8) is 0 Å². The first-order valence-corrected chi connectivity index (χ1v) is 7.72. The number of hydrogen-bond donors (Lipinski definition) is 1. The van der Waals surface area contributed by atoms with Crippen LogP contribution in [0.15, 0.2) is 47.6 Å². The highest BCUT2D eigenvalue weighted by atomic mass is 32.1. The second-order valence-electron chi connectivity index (χ2n) is 4.93. The van der Waals surface area contributed by atoms with E-state index in [0.717, 1.165) is 16.6 Å². The predicted molar refractivity (Wildman–Crippen MR) is 92.0 cm³/mol. The van der Waals surface area contributed by atoms with Crippen molar-refractivity contribution in [2.75, 3.05) is 5.43 Å². The third kappa shape index (κ3) is 2.89. The van der Waals surface area contributed by atoms with Gasteiger partial charge in [0, 0.05) is 12.5 Å². The zero-order valence-electron chi connectivity index (χ0n) is 12.3. The van der Waals surface area contributed by atoms with Crippen LogP contribution in [0.5, 0.6) is 0 Å². The summed E-state index contributed by atoms with van der Waals surface area (Å²) in [6, 6.07) is 14.3. The highest BCUT2D eigenvalue weighted by Crippen LogP contribution is 2.23. The van der Waals surface area contributed by atoms with E-state index in [-0.39, 0.29) is 5.78 Å². The number of carbonyl (C=O) groups excluding carboxylic acids is 1. The van der Waals surface area contributed by atoms with Gasteiger partial charge in [-0.3, -0.25) is 10.2 Å². The summed E-state index contributed by atoms with van der Waals surface area (Å²) in [5, 5.41) is 7.19. The lowest BCUT2D eigenvalue weighted by Crippen LogP contribution is -1.91. The summed E-state index contributed by atoms with van der Waals surface area (Å²) in [6.45, 7) is 3.37. The van der Waals surface area contributed by atoms with E-state index >= 15 is 0 Å². The maximum Gasteiger partial charge on any atom is 0.204 e. The fourth-order valence-corrected chi connectivity index (χ4v) is 3.10. The van der Waals surface area contributed by atoms with Crippen LogP contribution in [0.25, 0.3) is 10.8 Å². The Morgan fingerprint density at radius 1 is 1.23 bits per heavy atom. The minimum absolute atomic E-state index is 0.0288. The molecule has 2 aromatic carbocycles. The van der Waals surface area contributed by atoms with E-state index < -0.39 is 0 Å². The van der Waals surface area contributed by atoms with Gasteiger partial charge in [0.2, 0.25) is 5.13 Å². The van der Waals surface area contributed by atoms with Crippen LogP contribution >= 0.6 is 11.3 Å². The molecule has 0 radical (unpaired) electrons. The van der Waals surface area contributed by atoms with Crippen LogP contribution < -0.4 is 5.43 Å². The molecule has 4 nitrogen and oxygen atoms in total. The number of aryl methyl sites for hydroxylation is 1. The highest BCUT2D eigenvalue weighted by Gasteiger charge is 2.10. The molecule has 22 heavy (non-hydrogen) atoms. The number of ketones is 1. The lowest BCUT2D eigenvalue weighted by molar-refractivity contribution is 0.102. The van der Waals surface area contributed by atoms with Gasteiger partial charge < -0.3 is 0 Å². The summed E-state index contributed by atoms with van der Waals surface area (Å²) in [4.78, 5) is 16.4. The van der Waals surface area contributed by atoms with E-state index in [1.54, 1.807) is 13.1 Å². The average Bonchev–Trinajstić information content (AvgIpc) is 2.89. The van der Waals surface area contributed by atoms with Crippen LogP contribution in [-0.4, -0.2) is 17.0 Å². The summed E-state index contributed by atoms with van der Waals surface area (Å²) in [5.74, 6) is 0.0288. The molecule has 0 saturated carbocycles. The SMILES string of the molecule is CC(=O)c1sc(N/N=C/c2cccc3ccccc23)nc1C. The van der Waals surface area contributed by atoms with Gasteiger partial charge in [-0.25, -0.2) is 4.98 Å². The molecule has 1 aromatic heterocycles. The molecule has 0 bridgehead atoms. The minimum atomic E-state index is 0.0288. The van der Waals surface area contributed by atoms with Gasteiger partial charge >= 0.3 is 0 Å². The lowest BCUT2D eigenvalue weighted by atomic mass is 10.1. The highest BCUT2D eigenvalue weighted by molar-refractivity contribution is 7.17. The number of Topliss-reactive ketones (excluding diaryl/α,β-unsaturated/α-hetero) is 1. The molecule has 110 valence electrons. The van der Waals surface area contributed by atoms with Crippen molar-refractivity contribution in [1.29, 1.82) is 0 Å². The molecule has 5 heteroatoms. The Bertz CT molecular complexity index is 862. The van der Waals surface area contributed by atoms with Crippen LogP contribution in [-0.2, 0) is 0 Å². The first-order valence-electron chi connectivity index (χ1n) is 6.90. The minimum Gasteiger partial charge on any atom is -0.294 e. The molecule has 1 N–H and O–H groups in total. The standard InChI is InChI=1S/C17H15N3OS/c1-11-16(12(2)21)22-17(19-11)20-18-10-14-8-5-7-13-6-3-4-9-15(13)14/h3-10H,1-2H3,(H,19,20)/b18-10+. The van der Waals surface area contributed by atoms with Crippen LogP contribution in [0.2, 0.25) is 0 Å².